The molecule has 0 radical (unpaired) electrons. The summed E-state index contributed by atoms with van der Waals surface area (Å²) in [5.74, 6) is 1.58. The van der Waals surface area contributed by atoms with Gasteiger partial charge in [0.1, 0.15) is 18.1 Å². The Hall–Kier alpha value is -1.98. The number of hydrogen-bond donors (Lipinski definition) is 2. The standard InChI is InChI=1S/C17H19ClN2O2S/c1-12(11-22-14-9-7-13(21-2)8-10-14)19-17(23)20-16-6-4-3-5-15(16)18/h3-10,12H,11H2,1-2H3,(H2,19,20,23)/t12-/m1/s1. The fourth-order valence-corrected chi connectivity index (χ4v) is 2.37. The fraction of sp³-hybridized carbons (Fsp3) is 0.235. The highest BCUT2D eigenvalue weighted by Gasteiger charge is 2.07. The third-order valence-electron chi connectivity index (χ3n) is 3.06. The van der Waals surface area contributed by atoms with Crippen molar-refractivity contribution >= 4 is 34.6 Å². The topological polar surface area (TPSA) is 42.5 Å². The van der Waals surface area contributed by atoms with Gasteiger partial charge in [-0.25, -0.2) is 0 Å². The summed E-state index contributed by atoms with van der Waals surface area (Å²) in [6, 6.07) is 14.9. The maximum atomic E-state index is 6.09. The molecular weight excluding hydrogens is 332 g/mol. The van der Waals surface area contributed by atoms with Crippen molar-refractivity contribution in [1.29, 1.82) is 0 Å². The van der Waals surface area contributed by atoms with E-state index in [4.69, 9.17) is 33.3 Å². The first-order valence-electron chi connectivity index (χ1n) is 7.17. The van der Waals surface area contributed by atoms with E-state index < -0.39 is 0 Å². The Morgan fingerprint density at radius 3 is 2.43 bits per heavy atom. The van der Waals surface area contributed by atoms with E-state index in [0.29, 0.717) is 16.7 Å². The fourth-order valence-electron chi connectivity index (χ4n) is 1.88. The molecular formula is C17H19ClN2O2S. The maximum Gasteiger partial charge on any atom is 0.171 e. The molecule has 2 N–H and O–H groups in total. The molecule has 0 unspecified atom stereocenters. The summed E-state index contributed by atoms with van der Waals surface area (Å²) in [5.41, 5.74) is 0.773. The van der Waals surface area contributed by atoms with Crippen LogP contribution in [0.2, 0.25) is 5.02 Å². The summed E-state index contributed by atoms with van der Waals surface area (Å²) in [5, 5.41) is 7.36. The molecule has 0 aliphatic carbocycles. The van der Waals surface area contributed by atoms with Crippen molar-refractivity contribution in [1.82, 2.24) is 5.32 Å². The van der Waals surface area contributed by atoms with Crippen LogP contribution in [0.1, 0.15) is 6.92 Å². The quantitative estimate of drug-likeness (QED) is 0.768. The van der Waals surface area contributed by atoms with E-state index in [2.05, 4.69) is 10.6 Å². The van der Waals surface area contributed by atoms with Gasteiger partial charge in [0.2, 0.25) is 0 Å². The molecule has 2 rings (SSSR count). The van der Waals surface area contributed by atoms with Gasteiger partial charge in [-0.1, -0.05) is 23.7 Å². The lowest BCUT2D eigenvalue weighted by Crippen LogP contribution is -2.39. The number of halogens is 1. The second-order valence-electron chi connectivity index (χ2n) is 4.97. The molecule has 0 aliphatic heterocycles. The van der Waals surface area contributed by atoms with E-state index in [1.165, 1.54) is 0 Å². The Morgan fingerprint density at radius 1 is 1.13 bits per heavy atom. The molecule has 0 spiro atoms. The number of ether oxygens (including phenoxy) is 2. The second kappa shape index (κ2) is 8.60. The highest BCUT2D eigenvalue weighted by Crippen LogP contribution is 2.20. The normalized spacial score (nSPS) is 11.4. The van der Waals surface area contributed by atoms with E-state index in [0.717, 1.165) is 17.2 Å². The molecule has 122 valence electrons. The van der Waals surface area contributed by atoms with Gasteiger partial charge in [0.25, 0.3) is 0 Å². The highest BCUT2D eigenvalue weighted by molar-refractivity contribution is 7.80. The maximum absolute atomic E-state index is 6.09. The third kappa shape index (κ3) is 5.62. The van der Waals surface area contributed by atoms with Crippen LogP contribution in [0.25, 0.3) is 0 Å². The molecule has 4 nitrogen and oxygen atoms in total. The zero-order valence-electron chi connectivity index (χ0n) is 13.0. The van der Waals surface area contributed by atoms with Gasteiger partial charge >= 0.3 is 0 Å². The van der Waals surface area contributed by atoms with Crippen molar-refractivity contribution in [2.24, 2.45) is 0 Å². The van der Waals surface area contributed by atoms with E-state index in [1.54, 1.807) is 7.11 Å². The van der Waals surface area contributed by atoms with Gasteiger partial charge in [0, 0.05) is 0 Å². The highest BCUT2D eigenvalue weighted by atomic mass is 35.5. The largest absolute Gasteiger partial charge is 0.497 e. The van der Waals surface area contributed by atoms with Crippen LogP contribution in [0, 0.1) is 0 Å². The number of methoxy groups -OCH3 is 1. The van der Waals surface area contributed by atoms with Gasteiger partial charge in [-0.3, -0.25) is 0 Å². The average molecular weight is 351 g/mol. The summed E-state index contributed by atoms with van der Waals surface area (Å²) in [6.45, 7) is 2.47. The van der Waals surface area contributed by atoms with Gasteiger partial charge in [-0.15, -0.1) is 0 Å². The van der Waals surface area contributed by atoms with Crippen molar-refractivity contribution < 1.29 is 9.47 Å². The van der Waals surface area contributed by atoms with Crippen LogP contribution >= 0.6 is 23.8 Å². The summed E-state index contributed by atoms with van der Waals surface area (Å²) in [4.78, 5) is 0. The minimum Gasteiger partial charge on any atom is -0.497 e. The monoisotopic (exact) mass is 350 g/mol. The predicted molar refractivity (Wildman–Crippen MR) is 98.8 cm³/mol. The lowest BCUT2D eigenvalue weighted by Gasteiger charge is -2.18. The number of nitrogens with one attached hydrogen (secondary N) is 2. The molecule has 0 aromatic heterocycles. The molecule has 0 bridgehead atoms. The first-order valence-corrected chi connectivity index (χ1v) is 7.96. The zero-order chi connectivity index (χ0) is 16.7. The first-order chi connectivity index (χ1) is 11.1. The zero-order valence-corrected chi connectivity index (χ0v) is 14.6. The van der Waals surface area contributed by atoms with E-state index in [1.807, 2.05) is 55.5 Å². The van der Waals surface area contributed by atoms with Crippen molar-refractivity contribution in [3.63, 3.8) is 0 Å². The van der Waals surface area contributed by atoms with Gasteiger partial charge < -0.3 is 20.1 Å². The summed E-state index contributed by atoms with van der Waals surface area (Å²) >= 11 is 11.4. The van der Waals surface area contributed by atoms with E-state index >= 15 is 0 Å². The summed E-state index contributed by atoms with van der Waals surface area (Å²) < 4.78 is 10.8. The van der Waals surface area contributed by atoms with E-state index in [9.17, 15) is 0 Å². The number of para-hydroxylation sites is 1. The van der Waals surface area contributed by atoms with Gasteiger partial charge in [-0.2, -0.15) is 0 Å². The molecule has 2 aromatic rings. The van der Waals surface area contributed by atoms with Crippen LogP contribution in [-0.2, 0) is 0 Å². The van der Waals surface area contributed by atoms with Crippen LogP contribution in [0.3, 0.4) is 0 Å². The van der Waals surface area contributed by atoms with Crippen LogP contribution in [0.4, 0.5) is 5.69 Å². The van der Waals surface area contributed by atoms with Gasteiger partial charge in [0.05, 0.1) is 23.9 Å². The Bertz CT molecular complexity index is 649. The molecule has 1 atom stereocenters. The minimum atomic E-state index is 0.0413. The second-order valence-corrected chi connectivity index (χ2v) is 5.78. The van der Waals surface area contributed by atoms with Crippen LogP contribution in [-0.4, -0.2) is 24.9 Å². The molecule has 0 aliphatic rings. The molecule has 0 saturated carbocycles. The Labute approximate surface area is 146 Å². The number of thiocarbonyl (C=S) groups is 1. The molecule has 23 heavy (non-hydrogen) atoms. The summed E-state index contributed by atoms with van der Waals surface area (Å²) in [6.07, 6.45) is 0. The van der Waals surface area contributed by atoms with Gasteiger partial charge in [-0.05, 0) is 55.5 Å². The minimum absolute atomic E-state index is 0.0413. The molecule has 0 heterocycles. The molecule has 0 fully saturated rings. The van der Waals surface area contributed by atoms with Crippen LogP contribution < -0.4 is 20.1 Å². The van der Waals surface area contributed by atoms with Gasteiger partial charge in [0.15, 0.2) is 5.11 Å². The van der Waals surface area contributed by atoms with Crippen LogP contribution in [0.15, 0.2) is 48.5 Å². The predicted octanol–water partition coefficient (Wildman–Crippen LogP) is 4.10. The smallest absolute Gasteiger partial charge is 0.171 e. The van der Waals surface area contributed by atoms with Crippen molar-refractivity contribution in [3.05, 3.63) is 53.6 Å². The number of rotatable bonds is 6. The molecule has 6 heteroatoms. The van der Waals surface area contributed by atoms with Crippen molar-refractivity contribution in [3.8, 4) is 11.5 Å². The van der Waals surface area contributed by atoms with Crippen LogP contribution in [0.5, 0.6) is 11.5 Å². The number of anilines is 1. The average Bonchev–Trinajstić information content (AvgIpc) is 2.55. The number of hydrogen-bond acceptors (Lipinski definition) is 3. The molecule has 0 saturated heterocycles. The number of benzene rings is 2. The molecule has 2 aromatic carbocycles. The third-order valence-corrected chi connectivity index (χ3v) is 3.61. The van der Waals surface area contributed by atoms with E-state index in [-0.39, 0.29) is 6.04 Å². The molecule has 0 amide bonds. The van der Waals surface area contributed by atoms with Crippen molar-refractivity contribution in [2.45, 2.75) is 13.0 Å². The Balaban J connectivity index is 1.78. The Kier molecular flexibility index (Phi) is 6.50. The lowest BCUT2D eigenvalue weighted by molar-refractivity contribution is 0.286. The summed E-state index contributed by atoms with van der Waals surface area (Å²) in [7, 11) is 1.63. The van der Waals surface area contributed by atoms with Crippen molar-refractivity contribution in [2.75, 3.05) is 19.0 Å². The first kappa shape index (κ1) is 17.4. The SMILES string of the molecule is COc1ccc(OC[C@@H](C)NC(=S)Nc2ccccc2Cl)cc1. The lowest BCUT2D eigenvalue weighted by atomic mass is 10.3. The Morgan fingerprint density at radius 2 is 1.78 bits per heavy atom.